The average molecular weight is 429 g/mol. The van der Waals surface area contributed by atoms with Crippen LogP contribution in [-0.4, -0.2) is 38.5 Å². The van der Waals surface area contributed by atoms with Crippen molar-refractivity contribution in [3.8, 4) is 11.6 Å². The molecule has 0 unspecified atom stereocenters. The maximum atomic E-state index is 12.7. The molecule has 0 aliphatic carbocycles. The van der Waals surface area contributed by atoms with Gasteiger partial charge in [-0.05, 0) is 42.5 Å². The Morgan fingerprint density at radius 2 is 1.77 bits per heavy atom. The molecule has 0 radical (unpaired) electrons. The smallest absolute Gasteiger partial charge is 0.263 e. The second-order valence-electron chi connectivity index (χ2n) is 5.97. The fourth-order valence-electron chi connectivity index (χ4n) is 2.55. The number of methoxy groups -OCH3 is 2. The van der Waals surface area contributed by atoms with Crippen molar-refractivity contribution in [2.24, 2.45) is 0 Å². The van der Waals surface area contributed by atoms with E-state index in [1.165, 1.54) is 38.5 Å². The van der Waals surface area contributed by atoms with Crippen LogP contribution in [0.25, 0.3) is 0 Å². The number of aromatic nitrogens is 2. The van der Waals surface area contributed by atoms with Gasteiger partial charge in [-0.25, -0.2) is 13.4 Å². The number of ether oxygens (including phenoxy) is 2. The van der Waals surface area contributed by atoms with Crippen molar-refractivity contribution in [1.29, 1.82) is 0 Å². The number of amides is 1. The van der Waals surface area contributed by atoms with Crippen LogP contribution < -0.4 is 25.2 Å². The first-order valence-corrected chi connectivity index (χ1v) is 10.0. The average Bonchev–Trinajstić information content (AvgIpc) is 2.73. The summed E-state index contributed by atoms with van der Waals surface area (Å²) in [6.07, 6.45) is 1.15. The van der Waals surface area contributed by atoms with Crippen LogP contribution in [0.4, 0.5) is 17.2 Å². The number of hydrogen-bond donors (Lipinski definition) is 3. The quantitative estimate of drug-likeness (QED) is 0.484. The molecule has 156 valence electrons. The summed E-state index contributed by atoms with van der Waals surface area (Å²) in [5.74, 6) is -0.295. The van der Waals surface area contributed by atoms with Gasteiger partial charge in [0.05, 0.1) is 19.1 Å². The molecule has 0 spiro atoms. The fraction of sp³-hybridized carbons (Fsp3) is 0.105. The number of hydrogen-bond acceptors (Lipinski definition) is 8. The van der Waals surface area contributed by atoms with E-state index in [4.69, 9.17) is 15.2 Å². The zero-order valence-electron chi connectivity index (χ0n) is 16.1. The minimum absolute atomic E-state index is 0.0379. The highest BCUT2D eigenvalue weighted by Crippen LogP contribution is 2.32. The molecule has 1 aromatic heterocycles. The summed E-state index contributed by atoms with van der Waals surface area (Å²) in [7, 11) is -1.26. The number of carbonyl (C=O) groups is 1. The highest BCUT2D eigenvalue weighted by molar-refractivity contribution is 7.92. The van der Waals surface area contributed by atoms with Crippen molar-refractivity contribution in [3.63, 3.8) is 0 Å². The van der Waals surface area contributed by atoms with E-state index in [1.807, 2.05) is 0 Å². The zero-order valence-corrected chi connectivity index (χ0v) is 16.9. The van der Waals surface area contributed by atoms with E-state index in [-0.39, 0.29) is 28.3 Å². The van der Waals surface area contributed by atoms with E-state index in [1.54, 1.807) is 24.3 Å². The molecule has 1 amide bonds. The number of carbonyl (C=O) groups excluding carboxylic acids is 1. The summed E-state index contributed by atoms with van der Waals surface area (Å²) in [4.78, 5) is 20.0. The second kappa shape index (κ2) is 8.66. The molecule has 1 heterocycles. The first kappa shape index (κ1) is 20.9. The normalized spacial score (nSPS) is 10.9. The predicted molar refractivity (Wildman–Crippen MR) is 111 cm³/mol. The Labute approximate surface area is 173 Å². The minimum Gasteiger partial charge on any atom is -0.489 e. The summed E-state index contributed by atoms with van der Waals surface area (Å²) in [5.41, 5.74) is 6.95. The van der Waals surface area contributed by atoms with Gasteiger partial charge >= 0.3 is 0 Å². The molecule has 0 aliphatic rings. The first-order chi connectivity index (χ1) is 14.3. The zero-order chi connectivity index (χ0) is 21.7. The molecule has 4 N–H and O–H groups in total. The molecule has 11 heteroatoms. The van der Waals surface area contributed by atoms with Crippen LogP contribution in [0.3, 0.4) is 0 Å². The lowest BCUT2D eigenvalue weighted by molar-refractivity contribution is 0.102. The number of benzene rings is 2. The van der Waals surface area contributed by atoms with E-state index in [9.17, 15) is 13.2 Å². The second-order valence-corrected chi connectivity index (χ2v) is 7.66. The van der Waals surface area contributed by atoms with Crippen molar-refractivity contribution < 1.29 is 22.7 Å². The van der Waals surface area contributed by atoms with Gasteiger partial charge in [0.1, 0.15) is 6.33 Å². The summed E-state index contributed by atoms with van der Waals surface area (Å²) in [6, 6.07) is 12.1. The number of nitrogen functional groups attached to an aromatic ring is 1. The maximum absolute atomic E-state index is 12.7. The number of sulfonamides is 1. The first-order valence-electron chi connectivity index (χ1n) is 8.57. The third-order valence-electron chi connectivity index (χ3n) is 3.97. The van der Waals surface area contributed by atoms with Gasteiger partial charge in [0.2, 0.25) is 5.75 Å². The minimum atomic E-state index is -3.98. The molecule has 3 aromatic rings. The van der Waals surface area contributed by atoms with Crippen molar-refractivity contribution in [1.82, 2.24) is 9.97 Å². The van der Waals surface area contributed by atoms with Gasteiger partial charge < -0.3 is 20.5 Å². The lowest BCUT2D eigenvalue weighted by Crippen LogP contribution is -2.16. The van der Waals surface area contributed by atoms with Gasteiger partial charge in [-0.1, -0.05) is 6.07 Å². The van der Waals surface area contributed by atoms with Crippen molar-refractivity contribution >= 4 is 33.1 Å². The largest absolute Gasteiger partial charge is 0.489 e. The van der Waals surface area contributed by atoms with Crippen LogP contribution in [0.2, 0.25) is 0 Å². The van der Waals surface area contributed by atoms with Gasteiger partial charge in [-0.3, -0.25) is 9.52 Å². The number of rotatable bonds is 7. The van der Waals surface area contributed by atoms with Crippen molar-refractivity contribution in [2.45, 2.75) is 4.90 Å². The van der Waals surface area contributed by atoms with E-state index in [2.05, 4.69) is 20.0 Å². The monoisotopic (exact) mass is 429 g/mol. The van der Waals surface area contributed by atoms with Gasteiger partial charge in [0.25, 0.3) is 21.8 Å². The van der Waals surface area contributed by atoms with Gasteiger partial charge in [-0.15, -0.1) is 0 Å². The third-order valence-corrected chi connectivity index (χ3v) is 5.33. The molecule has 3 rings (SSSR count). The molecular formula is C19H19N5O5S. The Morgan fingerprint density at radius 3 is 2.40 bits per heavy atom. The molecule has 0 fully saturated rings. The van der Waals surface area contributed by atoms with E-state index < -0.39 is 10.0 Å². The van der Waals surface area contributed by atoms with E-state index >= 15 is 0 Å². The van der Waals surface area contributed by atoms with Crippen molar-refractivity contribution in [3.05, 3.63) is 60.4 Å². The molecule has 0 saturated heterocycles. The number of nitrogens with one attached hydrogen (secondary N) is 2. The molecule has 0 bridgehead atoms. The molecule has 30 heavy (non-hydrogen) atoms. The van der Waals surface area contributed by atoms with Gasteiger partial charge in [0.15, 0.2) is 5.82 Å². The summed E-state index contributed by atoms with van der Waals surface area (Å²) in [5, 5.41) is 2.68. The third kappa shape index (κ3) is 4.58. The molecule has 0 atom stereocenters. The van der Waals surface area contributed by atoms with Gasteiger partial charge in [-0.2, -0.15) is 4.98 Å². The molecular weight excluding hydrogens is 410 g/mol. The van der Waals surface area contributed by atoms with E-state index in [0.29, 0.717) is 16.9 Å². The standard InChI is InChI=1S/C19H19N5O5S/c1-28-16-17(21-11-22-19(16)29-2)24-30(26,27)15-8-6-14(7-9-15)23-18(25)12-4-3-5-13(20)10-12/h3-11H,20H2,1-2H3,(H,23,25)(H,21,22,24). The predicted octanol–water partition coefficient (Wildman–Crippen LogP) is 2.13. The highest BCUT2D eigenvalue weighted by atomic mass is 32.2. The molecule has 2 aromatic carbocycles. The Morgan fingerprint density at radius 1 is 1.03 bits per heavy atom. The fourth-order valence-corrected chi connectivity index (χ4v) is 3.56. The topological polar surface area (TPSA) is 146 Å². The number of nitrogens with zero attached hydrogens (tertiary/aromatic N) is 2. The van der Waals surface area contributed by atoms with E-state index in [0.717, 1.165) is 6.33 Å². The Bertz CT molecular complexity index is 1170. The number of nitrogens with two attached hydrogens (primary N) is 1. The number of anilines is 3. The SMILES string of the molecule is COc1ncnc(NS(=O)(=O)c2ccc(NC(=O)c3cccc(N)c3)cc2)c1OC. The molecule has 10 nitrogen and oxygen atoms in total. The Kier molecular flexibility index (Phi) is 6.02. The van der Waals surface area contributed by atoms with Crippen molar-refractivity contribution in [2.75, 3.05) is 30.0 Å². The molecule has 0 aliphatic heterocycles. The summed E-state index contributed by atoms with van der Waals surface area (Å²) >= 11 is 0. The molecule has 0 saturated carbocycles. The maximum Gasteiger partial charge on any atom is 0.263 e. The van der Waals surface area contributed by atoms with Crippen LogP contribution in [0.5, 0.6) is 11.6 Å². The summed E-state index contributed by atoms with van der Waals surface area (Å²) in [6.45, 7) is 0. The Balaban J connectivity index is 1.78. The lowest BCUT2D eigenvalue weighted by atomic mass is 10.2. The lowest BCUT2D eigenvalue weighted by Gasteiger charge is -2.13. The Hall–Kier alpha value is -3.86. The highest BCUT2D eigenvalue weighted by Gasteiger charge is 2.20. The van der Waals surface area contributed by atoms with Crippen LogP contribution >= 0.6 is 0 Å². The summed E-state index contributed by atoms with van der Waals surface area (Å²) < 4.78 is 37.9. The van der Waals surface area contributed by atoms with Crippen LogP contribution in [0.1, 0.15) is 10.4 Å². The van der Waals surface area contributed by atoms with Crippen LogP contribution in [0, 0.1) is 0 Å². The van der Waals surface area contributed by atoms with Crippen LogP contribution in [0.15, 0.2) is 59.8 Å². The van der Waals surface area contributed by atoms with Crippen LogP contribution in [-0.2, 0) is 10.0 Å². The van der Waals surface area contributed by atoms with Gasteiger partial charge in [0, 0.05) is 16.9 Å².